The molecule has 0 aliphatic carbocycles. The molecule has 20 heavy (non-hydrogen) atoms. The Morgan fingerprint density at radius 2 is 1.30 bits per heavy atom. The molecule has 0 spiro atoms. The van der Waals surface area contributed by atoms with Crippen molar-refractivity contribution in [3.63, 3.8) is 0 Å². The number of hydrogen-bond donors (Lipinski definition) is 0. The fourth-order valence-corrected chi connectivity index (χ4v) is 6.79. The zero-order chi connectivity index (χ0) is 13.9. The van der Waals surface area contributed by atoms with Crippen molar-refractivity contribution in [3.8, 4) is 0 Å². The summed E-state index contributed by atoms with van der Waals surface area (Å²) in [5.41, 5.74) is 0. The number of benzene rings is 2. The molecule has 0 atom stereocenters. The van der Waals surface area contributed by atoms with Crippen LogP contribution in [-0.2, 0) is 13.6 Å². The van der Waals surface area contributed by atoms with Gasteiger partial charge in [0.05, 0.1) is 0 Å². The molecule has 2 aromatic rings. The predicted molar refractivity (Wildman–Crippen MR) is 82.6 cm³/mol. The van der Waals surface area contributed by atoms with Gasteiger partial charge in [0.1, 0.15) is 0 Å². The van der Waals surface area contributed by atoms with E-state index >= 15 is 0 Å². The molecule has 4 heteroatoms. The Morgan fingerprint density at radius 3 is 1.70 bits per heavy atom. The number of hydrogen-bond acceptors (Lipinski definition) is 3. The fraction of sp³-hybridized carbons (Fsp3) is 0.250. The molecular weight excluding hydrogens is 271 g/mol. The average molecular weight is 290 g/mol. The van der Waals surface area contributed by atoms with Crippen molar-refractivity contribution in [1.29, 1.82) is 0 Å². The molecule has 0 radical (unpaired) electrons. The van der Waals surface area contributed by atoms with Gasteiger partial charge >= 0.3 is 119 Å². The monoisotopic (exact) mass is 290 g/mol. The van der Waals surface area contributed by atoms with E-state index in [4.69, 9.17) is 13.6 Å². The Balaban J connectivity index is 2.27. The first kappa shape index (κ1) is 13.7. The van der Waals surface area contributed by atoms with Gasteiger partial charge in [0.2, 0.25) is 0 Å². The Labute approximate surface area is 119 Å². The van der Waals surface area contributed by atoms with E-state index in [1.165, 1.54) is 0 Å². The van der Waals surface area contributed by atoms with Crippen molar-refractivity contribution in [1.82, 2.24) is 0 Å². The van der Waals surface area contributed by atoms with Gasteiger partial charge in [-0.3, -0.25) is 0 Å². The zero-order valence-electron chi connectivity index (χ0n) is 11.6. The van der Waals surface area contributed by atoms with E-state index in [2.05, 4.69) is 0 Å². The van der Waals surface area contributed by atoms with E-state index in [0.717, 1.165) is 10.6 Å². The third kappa shape index (κ3) is 1.90. The van der Waals surface area contributed by atoms with Crippen LogP contribution in [0.3, 0.4) is 0 Å². The van der Waals surface area contributed by atoms with Gasteiger partial charge in [0.25, 0.3) is 0 Å². The van der Waals surface area contributed by atoms with Crippen LogP contribution in [0.4, 0.5) is 0 Å². The van der Waals surface area contributed by atoms with Gasteiger partial charge < -0.3 is 0 Å². The van der Waals surface area contributed by atoms with Gasteiger partial charge in [-0.2, -0.15) is 0 Å². The average Bonchev–Trinajstić information content (AvgIpc) is 2.97. The molecule has 1 fully saturated rings. The second kappa shape index (κ2) is 5.27. The molecular formula is C16H19O3P. The second-order valence-corrected chi connectivity index (χ2v) is 8.21. The molecule has 0 bridgehead atoms. The summed E-state index contributed by atoms with van der Waals surface area (Å²) in [6, 6.07) is 20.1. The van der Waals surface area contributed by atoms with Crippen molar-refractivity contribution in [3.05, 3.63) is 60.7 Å². The zero-order valence-corrected chi connectivity index (χ0v) is 12.5. The van der Waals surface area contributed by atoms with Crippen LogP contribution >= 0.6 is 7.28 Å². The van der Waals surface area contributed by atoms with Crippen LogP contribution in [0.15, 0.2) is 60.7 Å². The van der Waals surface area contributed by atoms with Crippen LogP contribution < -0.4 is 10.6 Å². The van der Waals surface area contributed by atoms with Crippen molar-refractivity contribution in [2.24, 2.45) is 0 Å². The molecule has 1 heterocycles. The Morgan fingerprint density at radius 1 is 0.850 bits per heavy atom. The first-order valence-corrected chi connectivity index (χ1v) is 8.88. The molecule has 3 rings (SSSR count). The molecule has 0 unspecified atom stereocenters. The topological polar surface area (TPSA) is 27.7 Å². The Kier molecular flexibility index (Phi) is 3.61. The van der Waals surface area contributed by atoms with Gasteiger partial charge in [-0.05, 0) is 0 Å². The normalized spacial score (nSPS) is 21.9. The minimum atomic E-state index is -3.43. The third-order valence-corrected chi connectivity index (χ3v) is 7.91. The molecule has 3 nitrogen and oxygen atoms in total. The quantitative estimate of drug-likeness (QED) is 0.810. The molecule has 0 N–H and O–H groups in total. The predicted octanol–water partition coefficient (Wildman–Crippen LogP) is 3.02. The van der Waals surface area contributed by atoms with Crippen molar-refractivity contribution >= 4 is 17.9 Å². The van der Waals surface area contributed by atoms with E-state index in [1.807, 2.05) is 67.6 Å². The van der Waals surface area contributed by atoms with Crippen molar-refractivity contribution in [2.45, 2.75) is 6.92 Å². The summed E-state index contributed by atoms with van der Waals surface area (Å²) in [7, 11) is -3.43. The first-order chi connectivity index (χ1) is 9.81. The molecule has 0 saturated carbocycles. The fourth-order valence-electron chi connectivity index (χ4n) is 2.72. The molecule has 0 aromatic heterocycles. The Bertz CT molecular complexity index is 521. The van der Waals surface area contributed by atoms with Crippen molar-refractivity contribution in [2.75, 3.05) is 19.8 Å². The Hall–Kier alpha value is -1.25. The van der Waals surface area contributed by atoms with Gasteiger partial charge in [-0.15, -0.1) is 0 Å². The van der Waals surface area contributed by atoms with Crippen LogP contribution in [0.1, 0.15) is 6.92 Å². The van der Waals surface area contributed by atoms with E-state index < -0.39 is 7.28 Å². The summed E-state index contributed by atoms with van der Waals surface area (Å²) in [6.07, 6.45) is 0. The molecule has 106 valence electrons. The standard InChI is InChI=1S/C16H19O3P/c1-2-17-20(18-13-14-19-20,15-9-5-3-6-10-15)16-11-7-4-8-12-16/h3-12H,2,13-14H2,1H3. The third-order valence-electron chi connectivity index (χ3n) is 3.50. The summed E-state index contributed by atoms with van der Waals surface area (Å²) in [5, 5.41) is 1.98. The van der Waals surface area contributed by atoms with Crippen LogP contribution in [0.25, 0.3) is 0 Å². The molecule has 1 aliphatic heterocycles. The van der Waals surface area contributed by atoms with Gasteiger partial charge in [-0.1, -0.05) is 0 Å². The van der Waals surface area contributed by atoms with Gasteiger partial charge in [-0.25, -0.2) is 0 Å². The minimum absolute atomic E-state index is 0.543. The molecule has 0 amide bonds. The van der Waals surface area contributed by atoms with E-state index in [9.17, 15) is 0 Å². The molecule has 1 saturated heterocycles. The van der Waals surface area contributed by atoms with Crippen LogP contribution in [0.5, 0.6) is 0 Å². The van der Waals surface area contributed by atoms with Gasteiger partial charge in [0.15, 0.2) is 0 Å². The summed E-state index contributed by atoms with van der Waals surface area (Å²) < 4.78 is 18.7. The maximum atomic E-state index is 6.24. The number of rotatable bonds is 4. The van der Waals surface area contributed by atoms with Crippen LogP contribution in [0, 0.1) is 0 Å². The summed E-state index contributed by atoms with van der Waals surface area (Å²) in [6.45, 7) is 3.64. The van der Waals surface area contributed by atoms with Crippen LogP contribution in [-0.4, -0.2) is 19.8 Å². The summed E-state index contributed by atoms with van der Waals surface area (Å²) in [4.78, 5) is 0. The van der Waals surface area contributed by atoms with E-state index in [-0.39, 0.29) is 0 Å². The van der Waals surface area contributed by atoms with Crippen LogP contribution in [0.2, 0.25) is 0 Å². The summed E-state index contributed by atoms with van der Waals surface area (Å²) in [5.74, 6) is 0. The molecule has 2 aromatic carbocycles. The summed E-state index contributed by atoms with van der Waals surface area (Å²) >= 11 is 0. The SMILES string of the molecule is CCOP1(c2ccccc2)(c2ccccc2)OCCO1. The maximum absolute atomic E-state index is 6.24. The second-order valence-electron chi connectivity index (χ2n) is 4.64. The van der Waals surface area contributed by atoms with E-state index in [0.29, 0.717) is 19.8 Å². The molecule has 1 aliphatic rings. The van der Waals surface area contributed by atoms with Gasteiger partial charge in [0, 0.05) is 0 Å². The van der Waals surface area contributed by atoms with E-state index in [1.54, 1.807) is 0 Å². The van der Waals surface area contributed by atoms with Crippen molar-refractivity contribution < 1.29 is 13.6 Å². The first-order valence-electron chi connectivity index (χ1n) is 6.89.